The number of aromatic nitrogens is 3. The van der Waals surface area contributed by atoms with E-state index in [0.717, 1.165) is 82.3 Å². The normalized spacial score (nSPS) is 20.5. The van der Waals surface area contributed by atoms with Crippen molar-refractivity contribution in [3.8, 4) is 29.6 Å². The first-order valence-electron chi connectivity index (χ1n) is 16.5. The van der Waals surface area contributed by atoms with Crippen LogP contribution in [0, 0.1) is 24.0 Å². The van der Waals surface area contributed by atoms with Crippen LogP contribution < -0.4 is 15.0 Å². The maximum Gasteiger partial charge on any atom is 0.319 e. The number of hydrogen-bond acceptors (Lipinski definition) is 7. The fraction of sp³-hybridized carbons (Fsp3) is 0.472. The van der Waals surface area contributed by atoms with Gasteiger partial charge in [0.25, 0.3) is 0 Å². The lowest BCUT2D eigenvalue weighted by Gasteiger charge is -2.39. The van der Waals surface area contributed by atoms with Gasteiger partial charge in [-0.25, -0.2) is 13.8 Å². The predicted octanol–water partition coefficient (Wildman–Crippen LogP) is 6.25. The Morgan fingerprint density at radius 3 is 2.64 bits per heavy atom. The Hall–Kier alpha value is -3.87. The summed E-state index contributed by atoms with van der Waals surface area (Å²) in [7, 11) is 0. The summed E-state index contributed by atoms with van der Waals surface area (Å²) in [6.07, 6.45) is 12.8. The van der Waals surface area contributed by atoms with E-state index >= 15 is 4.39 Å². The van der Waals surface area contributed by atoms with E-state index in [9.17, 15) is 4.39 Å². The van der Waals surface area contributed by atoms with E-state index in [4.69, 9.17) is 26.1 Å². The number of piperazine rings is 1. The minimum atomic E-state index is -0.569. The van der Waals surface area contributed by atoms with Gasteiger partial charge in [0.1, 0.15) is 29.5 Å². The second kappa shape index (κ2) is 12.1. The Morgan fingerprint density at radius 2 is 1.84 bits per heavy atom. The van der Waals surface area contributed by atoms with Crippen molar-refractivity contribution in [3.05, 3.63) is 53.2 Å². The number of halogens is 2. The number of nitrogens with one attached hydrogen (secondary N) is 1. The molecule has 3 fully saturated rings. The van der Waals surface area contributed by atoms with E-state index in [0.29, 0.717) is 35.2 Å². The molecule has 4 aliphatic rings. The van der Waals surface area contributed by atoms with Crippen LogP contribution in [0.4, 0.5) is 14.6 Å². The van der Waals surface area contributed by atoms with Crippen molar-refractivity contribution < 1.29 is 13.5 Å². The molecule has 1 unspecified atom stereocenters. The van der Waals surface area contributed by atoms with E-state index < -0.39 is 11.6 Å². The number of nitrogens with zero attached hydrogens (tertiary/aromatic N) is 5. The van der Waals surface area contributed by atoms with Gasteiger partial charge in [0.05, 0.1) is 22.2 Å². The molecule has 234 valence electrons. The molecule has 45 heavy (non-hydrogen) atoms. The van der Waals surface area contributed by atoms with Gasteiger partial charge in [-0.2, -0.15) is 9.97 Å². The van der Waals surface area contributed by atoms with Crippen LogP contribution in [-0.2, 0) is 6.42 Å². The van der Waals surface area contributed by atoms with Gasteiger partial charge in [-0.15, -0.1) is 6.42 Å². The van der Waals surface area contributed by atoms with Gasteiger partial charge in [-0.1, -0.05) is 44.0 Å². The molecule has 4 aromatic rings. The van der Waals surface area contributed by atoms with E-state index in [1.165, 1.54) is 6.07 Å². The van der Waals surface area contributed by atoms with Crippen LogP contribution in [0.3, 0.4) is 0 Å². The summed E-state index contributed by atoms with van der Waals surface area (Å²) in [5.74, 6) is 2.09. The van der Waals surface area contributed by atoms with Gasteiger partial charge in [-0.3, -0.25) is 4.90 Å². The van der Waals surface area contributed by atoms with Crippen molar-refractivity contribution >= 4 is 27.5 Å². The first kappa shape index (κ1) is 29.8. The van der Waals surface area contributed by atoms with Crippen molar-refractivity contribution in [1.82, 2.24) is 25.2 Å². The third-order valence-corrected chi connectivity index (χ3v) is 10.1. The highest BCUT2D eigenvalue weighted by Gasteiger charge is 2.45. The SMILES string of the molecule is C#Cc1c(F)ccc2cccc(-c3nc4c5c(nc(OCC67CCCN6CCC7)nc5c3F)N3CCNCC3CCC4)c12.CC. The molecule has 2 aromatic carbocycles. The molecule has 7 nitrogen and oxygen atoms in total. The van der Waals surface area contributed by atoms with Crippen molar-refractivity contribution in [3.63, 3.8) is 0 Å². The number of aryl methyl sites for hydroxylation is 1. The minimum Gasteiger partial charge on any atom is -0.461 e. The molecule has 8 rings (SSSR count). The van der Waals surface area contributed by atoms with Crippen molar-refractivity contribution in [1.29, 1.82) is 0 Å². The van der Waals surface area contributed by atoms with Gasteiger partial charge < -0.3 is 15.0 Å². The van der Waals surface area contributed by atoms with Crippen LogP contribution >= 0.6 is 0 Å². The highest BCUT2D eigenvalue weighted by molar-refractivity contribution is 6.02. The monoisotopic (exact) mass is 610 g/mol. The lowest BCUT2D eigenvalue weighted by Crippen LogP contribution is -2.52. The van der Waals surface area contributed by atoms with Gasteiger partial charge in [-0.05, 0) is 69.5 Å². The Labute approximate surface area is 263 Å². The summed E-state index contributed by atoms with van der Waals surface area (Å²) >= 11 is 0. The molecule has 1 atom stereocenters. The van der Waals surface area contributed by atoms with Crippen molar-refractivity contribution in [2.45, 2.75) is 70.4 Å². The van der Waals surface area contributed by atoms with Crippen LogP contribution in [0.5, 0.6) is 6.01 Å². The molecule has 3 saturated heterocycles. The molecular weight excluding hydrogens is 570 g/mol. The van der Waals surface area contributed by atoms with E-state index in [-0.39, 0.29) is 34.4 Å². The lowest BCUT2D eigenvalue weighted by molar-refractivity contribution is 0.108. The molecule has 0 amide bonds. The molecular formula is C36H40F2N6O. The molecule has 0 spiro atoms. The average Bonchev–Trinajstić information content (AvgIpc) is 3.65. The van der Waals surface area contributed by atoms with Crippen molar-refractivity contribution in [2.75, 3.05) is 44.2 Å². The largest absolute Gasteiger partial charge is 0.461 e. The molecule has 6 heterocycles. The third kappa shape index (κ3) is 4.99. The topological polar surface area (TPSA) is 66.4 Å². The quantitative estimate of drug-likeness (QED) is 0.274. The fourth-order valence-electron chi connectivity index (χ4n) is 7.99. The molecule has 0 radical (unpaired) electrons. The minimum absolute atomic E-state index is 0.00720. The number of benzene rings is 2. The Balaban J connectivity index is 0.00000160. The second-order valence-corrected chi connectivity index (χ2v) is 12.4. The highest BCUT2D eigenvalue weighted by Crippen LogP contribution is 2.42. The Bertz CT molecular complexity index is 1790. The van der Waals surface area contributed by atoms with Crippen LogP contribution in [0.1, 0.15) is 63.6 Å². The molecule has 0 saturated carbocycles. The van der Waals surface area contributed by atoms with Crippen molar-refractivity contribution in [2.24, 2.45) is 0 Å². The number of fused-ring (bicyclic) bond motifs is 4. The number of hydrogen-bond donors (Lipinski definition) is 1. The molecule has 0 bridgehead atoms. The number of ether oxygens (including phenoxy) is 1. The standard InChI is InChI=1S/C34H34F2N6O.C2H6/c1-2-23-25(35)12-11-21-7-3-9-24(27(21)23)30-29(36)31-28-26(38-30)10-4-8-22-19-37-15-18-42(22)32(28)40-33(39-31)43-20-34-13-5-16-41(34)17-6-14-34;1-2/h1,3,7,9,11-12,22,37H,4-6,8,10,13-20H2;1-2H3. The van der Waals surface area contributed by atoms with Gasteiger partial charge in [0.2, 0.25) is 0 Å². The van der Waals surface area contributed by atoms with Crippen LogP contribution in [-0.4, -0.2) is 70.8 Å². The Kier molecular flexibility index (Phi) is 8.05. The average molecular weight is 611 g/mol. The summed E-state index contributed by atoms with van der Waals surface area (Å²) < 4.78 is 38.2. The predicted molar refractivity (Wildman–Crippen MR) is 175 cm³/mol. The zero-order chi connectivity index (χ0) is 31.1. The Morgan fingerprint density at radius 1 is 1.02 bits per heavy atom. The van der Waals surface area contributed by atoms with Gasteiger partial charge in [0, 0.05) is 36.6 Å². The second-order valence-electron chi connectivity index (χ2n) is 12.4. The number of terminal acetylenes is 1. The lowest BCUT2D eigenvalue weighted by atomic mass is 9.94. The first-order chi connectivity index (χ1) is 22.1. The maximum atomic E-state index is 16.9. The zero-order valence-electron chi connectivity index (χ0n) is 26.1. The molecule has 4 aliphatic heterocycles. The van der Waals surface area contributed by atoms with Crippen LogP contribution in [0.2, 0.25) is 0 Å². The van der Waals surface area contributed by atoms with E-state index in [1.807, 2.05) is 26.0 Å². The summed E-state index contributed by atoms with van der Waals surface area (Å²) in [5.41, 5.74) is 1.63. The van der Waals surface area contributed by atoms with E-state index in [2.05, 4.69) is 21.0 Å². The fourth-order valence-corrected chi connectivity index (χ4v) is 7.99. The van der Waals surface area contributed by atoms with Gasteiger partial charge in [0.15, 0.2) is 5.82 Å². The molecule has 2 aromatic heterocycles. The first-order valence-corrected chi connectivity index (χ1v) is 16.5. The zero-order valence-corrected chi connectivity index (χ0v) is 26.1. The number of pyridine rings is 1. The van der Waals surface area contributed by atoms with Gasteiger partial charge >= 0.3 is 6.01 Å². The number of anilines is 1. The number of rotatable bonds is 4. The summed E-state index contributed by atoms with van der Waals surface area (Å²) in [6.45, 7) is 9.09. The van der Waals surface area contributed by atoms with Crippen LogP contribution in [0.15, 0.2) is 30.3 Å². The maximum absolute atomic E-state index is 16.9. The molecule has 1 N–H and O–H groups in total. The van der Waals surface area contributed by atoms with E-state index in [1.54, 1.807) is 12.1 Å². The van der Waals surface area contributed by atoms with Crippen LogP contribution in [0.25, 0.3) is 32.9 Å². The summed E-state index contributed by atoms with van der Waals surface area (Å²) in [4.78, 5) is 19.5. The summed E-state index contributed by atoms with van der Waals surface area (Å²) in [5, 5.41) is 5.35. The molecule has 9 heteroatoms. The third-order valence-electron chi connectivity index (χ3n) is 10.1. The highest BCUT2D eigenvalue weighted by atomic mass is 19.1. The molecule has 0 aliphatic carbocycles. The summed E-state index contributed by atoms with van der Waals surface area (Å²) in [6, 6.07) is 8.89. The smallest absolute Gasteiger partial charge is 0.319 e.